The van der Waals surface area contributed by atoms with E-state index >= 15 is 0 Å². The molecule has 2 fully saturated rings. The van der Waals surface area contributed by atoms with Crippen molar-refractivity contribution in [1.82, 2.24) is 10.2 Å². The van der Waals surface area contributed by atoms with Crippen molar-refractivity contribution in [2.45, 2.75) is 56.3 Å². The van der Waals surface area contributed by atoms with E-state index in [4.69, 9.17) is 10.8 Å². The zero-order chi connectivity index (χ0) is 12.4. The third-order valence-electron chi connectivity index (χ3n) is 4.28. The first kappa shape index (κ1) is 12.8. The summed E-state index contributed by atoms with van der Waals surface area (Å²) in [5.74, 6) is -0.925. The minimum Gasteiger partial charge on any atom is -0.480 e. The van der Waals surface area contributed by atoms with Gasteiger partial charge in [0.15, 0.2) is 0 Å². The van der Waals surface area contributed by atoms with Crippen molar-refractivity contribution < 1.29 is 9.90 Å². The second-order valence-corrected chi connectivity index (χ2v) is 5.43. The van der Waals surface area contributed by atoms with E-state index in [2.05, 4.69) is 17.3 Å². The molecule has 98 valence electrons. The number of aliphatic carboxylic acids is 1. The van der Waals surface area contributed by atoms with E-state index in [0.717, 1.165) is 12.8 Å². The molecule has 2 aliphatic heterocycles. The molecular formula is C12H23N3O2. The largest absolute Gasteiger partial charge is 0.480 e. The van der Waals surface area contributed by atoms with E-state index in [1.165, 1.54) is 19.3 Å². The summed E-state index contributed by atoms with van der Waals surface area (Å²) in [6.45, 7) is 0.378. The van der Waals surface area contributed by atoms with Gasteiger partial charge in [-0.3, -0.25) is 4.79 Å². The fourth-order valence-corrected chi connectivity index (χ4v) is 3.16. The molecule has 17 heavy (non-hydrogen) atoms. The second kappa shape index (κ2) is 5.33. The number of nitrogens with one attached hydrogen (secondary N) is 1. The summed E-state index contributed by atoms with van der Waals surface area (Å²) in [6, 6.07) is 0.989. The van der Waals surface area contributed by atoms with E-state index in [-0.39, 0.29) is 0 Å². The SMILES string of the molecule is CN1C2CCCC1CC(NCC(N)C(=O)O)C2. The Balaban J connectivity index is 1.81. The number of fused-ring (bicyclic) bond motifs is 2. The van der Waals surface area contributed by atoms with Crippen LogP contribution in [0.2, 0.25) is 0 Å². The third kappa shape index (κ3) is 2.97. The van der Waals surface area contributed by atoms with Crippen molar-refractivity contribution in [2.24, 2.45) is 5.73 Å². The number of hydrogen-bond donors (Lipinski definition) is 3. The average Bonchev–Trinajstić information content (AvgIpc) is 2.26. The molecule has 5 heteroatoms. The number of carbonyl (C=O) groups is 1. The molecule has 0 aromatic carbocycles. The van der Waals surface area contributed by atoms with Gasteiger partial charge in [0, 0.05) is 24.7 Å². The van der Waals surface area contributed by atoms with Crippen LogP contribution in [0.15, 0.2) is 0 Å². The lowest BCUT2D eigenvalue weighted by atomic mass is 9.82. The fraction of sp³-hybridized carbons (Fsp3) is 0.917. The van der Waals surface area contributed by atoms with Crippen LogP contribution >= 0.6 is 0 Å². The molecule has 0 aromatic rings. The number of hydrogen-bond acceptors (Lipinski definition) is 4. The molecule has 4 N–H and O–H groups in total. The Bertz CT molecular complexity index is 271. The quantitative estimate of drug-likeness (QED) is 0.646. The molecule has 0 saturated carbocycles. The van der Waals surface area contributed by atoms with Gasteiger partial charge in [-0.25, -0.2) is 0 Å². The van der Waals surface area contributed by atoms with Gasteiger partial charge in [-0.1, -0.05) is 6.42 Å². The van der Waals surface area contributed by atoms with Gasteiger partial charge in [0.05, 0.1) is 0 Å². The van der Waals surface area contributed by atoms with Gasteiger partial charge in [0.1, 0.15) is 6.04 Å². The number of carboxylic acid groups (broad SMARTS) is 1. The monoisotopic (exact) mass is 241 g/mol. The van der Waals surface area contributed by atoms with Crippen molar-refractivity contribution in [3.63, 3.8) is 0 Å². The van der Waals surface area contributed by atoms with E-state index in [9.17, 15) is 4.79 Å². The van der Waals surface area contributed by atoms with Crippen LogP contribution in [0.1, 0.15) is 32.1 Å². The Kier molecular flexibility index (Phi) is 4.01. The predicted octanol–water partition coefficient (Wildman–Crippen LogP) is 0.00320. The van der Waals surface area contributed by atoms with Crippen LogP contribution in [0.25, 0.3) is 0 Å². The van der Waals surface area contributed by atoms with Crippen LogP contribution in [-0.4, -0.2) is 53.7 Å². The Morgan fingerprint density at radius 2 is 2.06 bits per heavy atom. The molecule has 0 spiro atoms. The van der Waals surface area contributed by atoms with Crippen LogP contribution in [0, 0.1) is 0 Å². The lowest BCUT2D eigenvalue weighted by Gasteiger charge is -2.47. The normalized spacial score (nSPS) is 35.5. The van der Waals surface area contributed by atoms with Gasteiger partial charge >= 0.3 is 5.97 Å². The Hall–Kier alpha value is -0.650. The highest BCUT2D eigenvalue weighted by Gasteiger charge is 2.35. The maximum Gasteiger partial charge on any atom is 0.321 e. The number of rotatable bonds is 4. The summed E-state index contributed by atoms with van der Waals surface area (Å²) in [5, 5.41) is 12.1. The molecule has 0 amide bonds. The van der Waals surface area contributed by atoms with Crippen molar-refractivity contribution in [3.8, 4) is 0 Å². The zero-order valence-electron chi connectivity index (χ0n) is 10.4. The second-order valence-electron chi connectivity index (χ2n) is 5.43. The maximum atomic E-state index is 10.6. The number of piperidine rings is 2. The molecule has 3 unspecified atom stereocenters. The molecule has 2 bridgehead atoms. The summed E-state index contributed by atoms with van der Waals surface area (Å²) < 4.78 is 0. The van der Waals surface area contributed by atoms with Crippen molar-refractivity contribution in [1.29, 1.82) is 0 Å². The van der Waals surface area contributed by atoms with Crippen LogP contribution in [0.5, 0.6) is 0 Å². The molecule has 0 aliphatic carbocycles. The van der Waals surface area contributed by atoms with E-state index < -0.39 is 12.0 Å². The number of nitrogens with two attached hydrogens (primary N) is 1. The van der Waals surface area contributed by atoms with Crippen molar-refractivity contribution >= 4 is 5.97 Å². The smallest absolute Gasteiger partial charge is 0.321 e. The average molecular weight is 241 g/mol. The number of nitrogens with zero attached hydrogens (tertiary/aromatic N) is 1. The summed E-state index contributed by atoms with van der Waals surface area (Å²) in [6.07, 6.45) is 6.13. The van der Waals surface area contributed by atoms with Gasteiger partial charge in [-0.05, 0) is 32.7 Å². The van der Waals surface area contributed by atoms with Gasteiger partial charge in [-0.15, -0.1) is 0 Å². The van der Waals surface area contributed by atoms with Crippen molar-refractivity contribution in [2.75, 3.05) is 13.6 Å². The molecule has 2 aliphatic rings. The summed E-state index contributed by atoms with van der Waals surface area (Å²) >= 11 is 0. The lowest BCUT2D eigenvalue weighted by molar-refractivity contribution is -0.138. The summed E-state index contributed by atoms with van der Waals surface area (Å²) in [7, 11) is 2.22. The Labute approximate surface area is 102 Å². The highest BCUT2D eigenvalue weighted by molar-refractivity contribution is 5.73. The maximum absolute atomic E-state index is 10.6. The molecule has 3 atom stereocenters. The van der Waals surface area contributed by atoms with Crippen LogP contribution < -0.4 is 11.1 Å². The highest BCUT2D eigenvalue weighted by Crippen LogP contribution is 2.32. The molecule has 5 nitrogen and oxygen atoms in total. The zero-order valence-corrected chi connectivity index (χ0v) is 10.4. The molecule has 2 heterocycles. The standard InChI is InChI=1S/C12H23N3O2/c1-15-9-3-2-4-10(15)6-8(5-9)14-7-11(13)12(16)17/h8-11,14H,2-7,13H2,1H3,(H,16,17). The minimum atomic E-state index is -0.925. The predicted molar refractivity (Wildman–Crippen MR) is 65.8 cm³/mol. The molecule has 2 rings (SSSR count). The minimum absolute atomic E-state index is 0.378. The molecule has 0 radical (unpaired) electrons. The third-order valence-corrected chi connectivity index (χ3v) is 4.28. The first-order valence-electron chi connectivity index (χ1n) is 6.51. The summed E-state index contributed by atoms with van der Waals surface area (Å²) in [4.78, 5) is 13.1. The van der Waals surface area contributed by atoms with E-state index in [0.29, 0.717) is 24.7 Å². The van der Waals surface area contributed by atoms with Gasteiger partial charge in [0.2, 0.25) is 0 Å². The summed E-state index contributed by atoms with van der Waals surface area (Å²) in [5.41, 5.74) is 5.50. The lowest BCUT2D eigenvalue weighted by Crippen LogP contribution is -2.56. The highest BCUT2D eigenvalue weighted by atomic mass is 16.4. The first-order valence-corrected chi connectivity index (χ1v) is 6.51. The van der Waals surface area contributed by atoms with Crippen LogP contribution in [-0.2, 0) is 4.79 Å². The van der Waals surface area contributed by atoms with Crippen LogP contribution in [0.4, 0.5) is 0 Å². The Morgan fingerprint density at radius 1 is 1.47 bits per heavy atom. The fourth-order valence-electron chi connectivity index (χ4n) is 3.16. The van der Waals surface area contributed by atoms with Gasteiger partial charge < -0.3 is 21.1 Å². The first-order chi connectivity index (χ1) is 8.08. The van der Waals surface area contributed by atoms with Gasteiger partial charge in [0.25, 0.3) is 0 Å². The molecule has 2 saturated heterocycles. The van der Waals surface area contributed by atoms with E-state index in [1.54, 1.807) is 0 Å². The number of carboxylic acids is 1. The van der Waals surface area contributed by atoms with Crippen molar-refractivity contribution in [3.05, 3.63) is 0 Å². The topological polar surface area (TPSA) is 78.6 Å². The Morgan fingerprint density at radius 3 is 2.59 bits per heavy atom. The molecule has 0 aromatic heterocycles. The van der Waals surface area contributed by atoms with Crippen LogP contribution in [0.3, 0.4) is 0 Å². The van der Waals surface area contributed by atoms with E-state index in [1.807, 2.05) is 0 Å². The molecular weight excluding hydrogens is 218 g/mol. The van der Waals surface area contributed by atoms with Gasteiger partial charge in [-0.2, -0.15) is 0 Å².